The number of benzene rings is 1. The molecule has 160 valence electrons. The quantitative estimate of drug-likeness (QED) is 0.552. The minimum Gasteiger partial charge on any atom is -0.366 e. The van der Waals surface area contributed by atoms with E-state index in [0.717, 1.165) is 48.6 Å². The standard InChI is InChI=1S/C23H27N7O/c1-5-16-13-28(4)8-9-29(16)17-6-7-19-18(10-17)23(31)26-22(25-19)20-11-21-15(3)24-14(2)12-30(21)27-20/h6-7,10-12,16H,5,8-9,13H2,1-4H3,(H,25,26,31)/t16-/m1/s1. The monoisotopic (exact) mass is 417 g/mol. The molecule has 8 nitrogen and oxygen atoms in total. The molecule has 1 atom stereocenters. The van der Waals surface area contributed by atoms with Crippen LogP contribution in [0.15, 0.2) is 35.3 Å². The molecule has 0 unspecified atom stereocenters. The molecular formula is C23H27N7O. The summed E-state index contributed by atoms with van der Waals surface area (Å²) in [5, 5.41) is 5.21. The van der Waals surface area contributed by atoms with Gasteiger partial charge in [-0.15, -0.1) is 0 Å². The number of aryl methyl sites for hydroxylation is 2. The first-order valence-electron chi connectivity index (χ1n) is 10.8. The number of fused-ring (bicyclic) bond motifs is 2. The van der Waals surface area contributed by atoms with Crippen LogP contribution in [0.4, 0.5) is 5.69 Å². The predicted octanol–water partition coefficient (Wildman–Crippen LogP) is 2.78. The van der Waals surface area contributed by atoms with Crippen molar-refractivity contribution in [2.24, 2.45) is 0 Å². The molecule has 5 rings (SSSR count). The fourth-order valence-corrected chi connectivity index (χ4v) is 4.53. The van der Waals surface area contributed by atoms with Crippen molar-refractivity contribution in [1.29, 1.82) is 0 Å². The van der Waals surface area contributed by atoms with Crippen molar-refractivity contribution in [2.45, 2.75) is 33.2 Å². The minimum absolute atomic E-state index is 0.146. The highest BCUT2D eigenvalue weighted by Gasteiger charge is 2.24. The van der Waals surface area contributed by atoms with E-state index in [4.69, 9.17) is 4.98 Å². The molecule has 0 radical (unpaired) electrons. The fraction of sp³-hybridized carbons (Fsp3) is 0.391. The van der Waals surface area contributed by atoms with E-state index in [0.29, 0.717) is 28.5 Å². The summed E-state index contributed by atoms with van der Waals surface area (Å²) >= 11 is 0. The summed E-state index contributed by atoms with van der Waals surface area (Å²) in [6.45, 7) is 9.11. The van der Waals surface area contributed by atoms with Gasteiger partial charge in [-0.2, -0.15) is 5.10 Å². The number of aromatic amines is 1. The molecule has 0 saturated carbocycles. The van der Waals surface area contributed by atoms with Gasteiger partial charge < -0.3 is 14.8 Å². The predicted molar refractivity (Wildman–Crippen MR) is 123 cm³/mol. The Balaban J connectivity index is 1.56. The first-order chi connectivity index (χ1) is 14.9. The van der Waals surface area contributed by atoms with Crippen molar-refractivity contribution < 1.29 is 0 Å². The highest BCUT2D eigenvalue weighted by atomic mass is 16.1. The average molecular weight is 418 g/mol. The smallest absolute Gasteiger partial charge is 0.259 e. The van der Waals surface area contributed by atoms with Gasteiger partial charge in [-0.25, -0.2) is 9.50 Å². The van der Waals surface area contributed by atoms with Crippen LogP contribution < -0.4 is 10.5 Å². The third kappa shape index (κ3) is 3.46. The molecule has 0 amide bonds. The lowest BCUT2D eigenvalue weighted by Gasteiger charge is -2.41. The number of hydrogen-bond acceptors (Lipinski definition) is 6. The Kier molecular flexibility index (Phi) is 4.74. The lowest BCUT2D eigenvalue weighted by atomic mass is 10.1. The molecule has 1 saturated heterocycles. The van der Waals surface area contributed by atoms with Crippen LogP contribution >= 0.6 is 0 Å². The number of anilines is 1. The first-order valence-corrected chi connectivity index (χ1v) is 10.8. The van der Waals surface area contributed by atoms with Crippen LogP contribution in [0, 0.1) is 13.8 Å². The Morgan fingerprint density at radius 2 is 2.00 bits per heavy atom. The first kappa shape index (κ1) is 19.7. The maximum Gasteiger partial charge on any atom is 0.259 e. The SMILES string of the molecule is CC[C@@H]1CN(C)CCN1c1ccc2nc(-c3cc4c(C)nc(C)cn4n3)[nH]c(=O)c2c1. The Morgan fingerprint density at radius 3 is 2.81 bits per heavy atom. The molecule has 1 fully saturated rings. The molecule has 1 aliphatic heterocycles. The molecule has 0 bridgehead atoms. The van der Waals surface area contributed by atoms with Gasteiger partial charge in [0.05, 0.1) is 34.0 Å². The van der Waals surface area contributed by atoms with Gasteiger partial charge in [0.25, 0.3) is 5.56 Å². The normalized spacial score (nSPS) is 17.7. The number of likely N-dealkylation sites (N-methyl/N-ethyl adjacent to an activating group) is 1. The Labute approximate surface area is 180 Å². The second-order valence-electron chi connectivity index (χ2n) is 8.46. The van der Waals surface area contributed by atoms with Gasteiger partial charge in [0.2, 0.25) is 0 Å². The largest absolute Gasteiger partial charge is 0.366 e. The molecule has 31 heavy (non-hydrogen) atoms. The third-order valence-electron chi connectivity index (χ3n) is 6.18. The van der Waals surface area contributed by atoms with E-state index in [2.05, 4.69) is 44.9 Å². The molecule has 0 aliphatic carbocycles. The molecule has 4 aromatic rings. The Morgan fingerprint density at radius 1 is 1.16 bits per heavy atom. The lowest BCUT2D eigenvalue weighted by molar-refractivity contribution is 0.264. The Bertz CT molecular complexity index is 1340. The van der Waals surface area contributed by atoms with Gasteiger partial charge in [0.1, 0.15) is 5.69 Å². The maximum absolute atomic E-state index is 13.0. The fourth-order valence-electron chi connectivity index (χ4n) is 4.53. The summed E-state index contributed by atoms with van der Waals surface area (Å²) in [5.41, 5.74) is 4.92. The van der Waals surface area contributed by atoms with Gasteiger partial charge in [-0.3, -0.25) is 9.78 Å². The van der Waals surface area contributed by atoms with Crippen molar-refractivity contribution >= 4 is 22.1 Å². The second-order valence-corrected chi connectivity index (χ2v) is 8.46. The topological polar surface area (TPSA) is 82.4 Å². The molecule has 8 heteroatoms. The number of hydrogen-bond donors (Lipinski definition) is 1. The van der Waals surface area contributed by atoms with Gasteiger partial charge >= 0.3 is 0 Å². The van der Waals surface area contributed by atoms with E-state index < -0.39 is 0 Å². The highest BCUT2D eigenvalue weighted by molar-refractivity contribution is 5.83. The molecule has 1 aliphatic rings. The summed E-state index contributed by atoms with van der Waals surface area (Å²) in [7, 11) is 2.16. The van der Waals surface area contributed by atoms with E-state index in [1.165, 1.54) is 0 Å². The van der Waals surface area contributed by atoms with Crippen molar-refractivity contribution in [3.8, 4) is 11.5 Å². The zero-order valence-corrected chi connectivity index (χ0v) is 18.4. The van der Waals surface area contributed by atoms with Crippen LogP contribution in [0.25, 0.3) is 27.9 Å². The molecule has 4 heterocycles. The van der Waals surface area contributed by atoms with Crippen LogP contribution in [0.5, 0.6) is 0 Å². The van der Waals surface area contributed by atoms with Crippen molar-refractivity contribution in [3.63, 3.8) is 0 Å². The van der Waals surface area contributed by atoms with Gasteiger partial charge in [-0.1, -0.05) is 6.92 Å². The number of rotatable bonds is 3. The van der Waals surface area contributed by atoms with Crippen molar-refractivity contribution in [1.82, 2.24) is 29.5 Å². The number of H-pyrrole nitrogens is 1. The number of nitrogens with zero attached hydrogens (tertiary/aromatic N) is 6. The summed E-state index contributed by atoms with van der Waals surface area (Å²) in [4.78, 5) is 29.9. The molecule has 3 aromatic heterocycles. The lowest BCUT2D eigenvalue weighted by Crippen LogP contribution is -2.51. The zero-order chi connectivity index (χ0) is 21.7. The zero-order valence-electron chi connectivity index (χ0n) is 18.4. The molecule has 1 aromatic carbocycles. The summed E-state index contributed by atoms with van der Waals surface area (Å²) < 4.78 is 1.79. The van der Waals surface area contributed by atoms with Gasteiger partial charge in [0.15, 0.2) is 5.82 Å². The van der Waals surface area contributed by atoms with Gasteiger partial charge in [-0.05, 0) is 51.6 Å². The summed E-state index contributed by atoms with van der Waals surface area (Å²) in [6.07, 6.45) is 2.94. The van der Waals surface area contributed by atoms with Gasteiger partial charge in [0, 0.05) is 31.4 Å². The van der Waals surface area contributed by atoms with Crippen LogP contribution in [0.1, 0.15) is 24.7 Å². The summed E-state index contributed by atoms with van der Waals surface area (Å²) in [6, 6.07) is 8.35. The molecular weight excluding hydrogens is 390 g/mol. The van der Waals surface area contributed by atoms with E-state index in [-0.39, 0.29) is 5.56 Å². The maximum atomic E-state index is 13.0. The van der Waals surface area contributed by atoms with Crippen molar-refractivity contribution in [3.05, 3.63) is 52.2 Å². The third-order valence-corrected chi connectivity index (χ3v) is 6.18. The van der Waals surface area contributed by atoms with Crippen LogP contribution in [0.2, 0.25) is 0 Å². The second kappa shape index (κ2) is 7.46. The van der Waals surface area contributed by atoms with Crippen molar-refractivity contribution in [2.75, 3.05) is 31.6 Å². The van der Waals surface area contributed by atoms with E-state index in [1.54, 1.807) is 4.52 Å². The Hall–Kier alpha value is -3.26. The highest BCUT2D eigenvalue weighted by Crippen LogP contribution is 2.25. The van der Waals surface area contributed by atoms with E-state index in [9.17, 15) is 4.79 Å². The van der Waals surface area contributed by atoms with Crippen LogP contribution in [-0.2, 0) is 0 Å². The molecule has 0 spiro atoms. The van der Waals surface area contributed by atoms with Crippen LogP contribution in [-0.4, -0.2) is 62.2 Å². The van der Waals surface area contributed by atoms with Crippen LogP contribution in [0.3, 0.4) is 0 Å². The number of aromatic nitrogens is 5. The summed E-state index contributed by atoms with van der Waals surface area (Å²) in [5.74, 6) is 0.469. The number of piperazine rings is 1. The number of nitrogens with one attached hydrogen (secondary N) is 1. The molecule has 1 N–H and O–H groups in total. The van der Waals surface area contributed by atoms with E-state index in [1.807, 2.05) is 38.2 Å². The average Bonchev–Trinajstić information content (AvgIpc) is 3.18. The van der Waals surface area contributed by atoms with E-state index >= 15 is 0 Å². The minimum atomic E-state index is -0.146.